The third kappa shape index (κ3) is 5.55. The van der Waals surface area contributed by atoms with Crippen LogP contribution in [0.1, 0.15) is 23.8 Å². The van der Waals surface area contributed by atoms with Crippen molar-refractivity contribution in [2.75, 3.05) is 26.7 Å². The normalized spacial score (nSPS) is 18.3. The van der Waals surface area contributed by atoms with Crippen molar-refractivity contribution in [3.05, 3.63) is 21.3 Å². The van der Waals surface area contributed by atoms with Crippen LogP contribution < -0.4 is 5.32 Å². The third-order valence-corrected chi connectivity index (χ3v) is 4.68. The van der Waals surface area contributed by atoms with Crippen LogP contribution in [0, 0.1) is 0 Å². The molecule has 1 unspecified atom stereocenters. The highest BCUT2D eigenvalue weighted by atomic mass is 127. The molecular weight excluding hydrogens is 425 g/mol. The standard InChI is InChI=1S/C13H20ClN3O2S.HI/c1-15-13(17-6-4-9(18)5-7-17)16-8-10(19)11-2-3-12(14)20-11;/h2-3,9-10,18-19H,4-8H2,1H3,(H,15,16);1H. The third-order valence-electron chi connectivity index (χ3n) is 3.35. The van der Waals surface area contributed by atoms with Crippen molar-refractivity contribution < 1.29 is 10.2 Å². The molecule has 1 atom stereocenters. The first kappa shape index (κ1) is 19.0. The van der Waals surface area contributed by atoms with Gasteiger partial charge in [0.25, 0.3) is 0 Å². The number of aliphatic hydroxyl groups excluding tert-OH is 2. The fraction of sp³-hybridized carbons (Fsp3) is 0.615. The fourth-order valence-corrected chi connectivity index (χ4v) is 3.25. The van der Waals surface area contributed by atoms with Crippen molar-refractivity contribution in [2.24, 2.45) is 4.99 Å². The predicted molar refractivity (Wildman–Crippen MR) is 97.9 cm³/mol. The summed E-state index contributed by atoms with van der Waals surface area (Å²) >= 11 is 7.24. The molecule has 2 heterocycles. The van der Waals surface area contributed by atoms with Gasteiger partial charge in [0, 0.05) is 31.6 Å². The molecule has 0 radical (unpaired) electrons. The van der Waals surface area contributed by atoms with Gasteiger partial charge in [-0.1, -0.05) is 11.6 Å². The lowest BCUT2D eigenvalue weighted by atomic mass is 10.1. The molecule has 1 aliphatic heterocycles. The molecule has 120 valence electrons. The van der Waals surface area contributed by atoms with Crippen LogP contribution >= 0.6 is 46.9 Å². The lowest BCUT2D eigenvalue weighted by Crippen LogP contribution is -2.47. The van der Waals surface area contributed by atoms with E-state index < -0.39 is 6.10 Å². The van der Waals surface area contributed by atoms with Crippen molar-refractivity contribution in [3.8, 4) is 0 Å². The number of thiophene rings is 1. The van der Waals surface area contributed by atoms with Gasteiger partial charge in [-0.2, -0.15) is 0 Å². The summed E-state index contributed by atoms with van der Waals surface area (Å²) in [6, 6.07) is 3.62. The lowest BCUT2D eigenvalue weighted by Gasteiger charge is -2.32. The second-order valence-electron chi connectivity index (χ2n) is 4.80. The number of piperidine rings is 1. The number of rotatable bonds is 3. The largest absolute Gasteiger partial charge is 0.393 e. The van der Waals surface area contributed by atoms with Crippen LogP contribution in [0.5, 0.6) is 0 Å². The number of hydrogen-bond acceptors (Lipinski definition) is 4. The summed E-state index contributed by atoms with van der Waals surface area (Å²) < 4.78 is 0.674. The van der Waals surface area contributed by atoms with E-state index in [4.69, 9.17) is 11.6 Å². The van der Waals surface area contributed by atoms with Crippen LogP contribution in [0.3, 0.4) is 0 Å². The van der Waals surface area contributed by atoms with Gasteiger partial charge >= 0.3 is 0 Å². The van der Waals surface area contributed by atoms with Crippen molar-refractivity contribution in [1.82, 2.24) is 10.2 Å². The van der Waals surface area contributed by atoms with E-state index >= 15 is 0 Å². The Bertz CT molecular complexity index is 464. The summed E-state index contributed by atoms with van der Waals surface area (Å²) in [6.45, 7) is 1.95. The zero-order chi connectivity index (χ0) is 14.5. The molecule has 0 aliphatic carbocycles. The van der Waals surface area contributed by atoms with Crippen molar-refractivity contribution >= 4 is 52.9 Å². The molecule has 0 amide bonds. The molecule has 3 N–H and O–H groups in total. The summed E-state index contributed by atoms with van der Waals surface area (Å²) in [7, 11) is 1.72. The van der Waals surface area contributed by atoms with Crippen molar-refractivity contribution in [3.63, 3.8) is 0 Å². The van der Waals surface area contributed by atoms with Crippen LogP contribution in [-0.4, -0.2) is 53.9 Å². The first-order valence-electron chi connectivity index (χ1n) is 6.67. The number of guanidine groups is 1. The molecule has 1 saturated heterocycles. The van der Waals surface area contributed by atoms with E-state index in [-0.39, 0.29) is 30.1 Å². The molecule has 21 heavy (non-hydrogen) atoms. The Kier molecular flexibility index (Phi) is 8.25. The minimum Gasteiger partial charge on any atom is -0.393 e. The van der Waals surface area contributed by atoms with Gasteiger partial charge in [0.15, 0.2) is 5.96 Å². The minimum absolute atomic E-state index is 0. The number of halogens is 2. The van der Waals surface area contributed by atoms with Crippen LogP contribution in [0.4, 0.5) is 0 Å². The Morgan fingerprint density at radius 3 is 2.71 bits per heavy atom. The van der Waals surface area contributed by atoms with E-state index in [0.29, 0.717) is 10.9 Å². The van der Waals surface area contributed by atoms with E-state index in [0.717, 1.165) is 36.8 Å². The van der Waals surface area contributed by atoms with Crippen LogP contribution in [0.25, 0.3) is 0 Å². The maximum Gasteiger partial charge on any atom is 0.193 e. The van der Waals surface area contributed by atoms with Gasteiger partial charge in [0.2, 0.25) is 0 Å². The molecule has 0 spiro atoms. The molecule has 0 bridgehead atoms. The number of hydrogen-bond donors (Lipinski definition) is 3. The van der Waals surface area contributed by atoms with Gasteiger partial charge in [-0.3, -0.25) is 4.99 Å². The monoisotopic (exact) mass is 445 g/mol. The van der Waals surface area contributed by atoms with Gasteiger partial charge < -0.3 is 20.4 Å². The summed E-state index contributed by atoms with van der Waals surface area (Å²) in [5.74, 6) is 0.763. The van der Waals surface area contributed by atoms with E-state index in [1.807, 2.05) is 6.07 Å². The Labute approximate surface area is 151 Å². The zero-order valence-corrected chi connectivity index (χ0v) is 15.7. The van der Waals surface area contributed by atoms with Crippen LogP contribution in [0.2, 0.25) is 4.34 Å². The molecule has 8 heteroatoms. The molecule has 2 rings (SSSR count). The average molecular weight is 446 g/mol. The molecule has 1 fully saturated rings. The summed E-state index contributed by atoms with van der Waals surface area (Å²) in [6.07, 6.45) is 0.705. The first-order chi connectivity index (χ1) is 9.60. The van der Waals surface area contributed by atoms with Crippen LogP contribution in [-0.2, 0) is 0 Å². The van der Waals surface area contributed by atoms with Gasteiger partial charge in [0.1, 0.15) is 6.10 Å². The number of likely N-dealkylation sites (tertiary alicyclic amines) is 1. The van der Waals surface area contributed by atoms with Gasteiger partial charge in [-0.15, -0.1) is 35.3 Å². The summed E-state index contributed by atoms with van der Waals surface area (Å²) in [5, 5.41) is 22.8. The molecular formula is C13H21ClIN3O2S. The highest BCUT2D eigenvalue weighted by Crippen LogP contribution is 2.26. The topological polar surface area (TPSA) is 68.1 Å². The highest BCUT2D eigenvalue weighted by Gasteiger charge is 2.20. The number of nitrogens with one attached hydrogen (secondary N) is 1. The molecule has 0 saturated carbocycles. The first-order valence-corrected chi connectivity index (χ1v) is 7.86. The Balaban J connectivity index is 0.00000220. The van der Waals surface area contributed by atoms with Crippen molar-refractivity contribution in [1.29, 1.82) is 0 Å². The number of aliphatic hydroxyl groups is 2. The number of nitrogens with zero attached hydrogens (tertiary/aromatic N) is 2. The SMILES string of the molecule is CN=C(NCC(O)c1ccc(Cl)s1)N1CCC(O)CC1.I. The molecule has 1 aliphatic rings. The second kappa shape index (κ2) is 9.14. The quantitative estimate of drug-likeness (QED) is 0.379. The van der Waals surface area contributed by atoms with Crippen LogP contribution in [0.15, 0.2) is 17.1 Å². The van der Waals surface area contributed by atoms with Gasteiger partial charge in [-0.25, -0.2) is 0 Å². The van der Waals surface area contributed by atoms with E-state index in [2.05, 4.69) is 15.2 Å². The average Bonchev–Trinajstić information content (AvgIpc) is 2.88. The Hall–Kier alpha value is -0.0900. The van der Waals surface area contributed by atoms with Crippen molar-refractivity contribution in [2.45, 2.75) is 25.0 Å². The smallest absolute Gasteiger partial charge is 0.193 e. The minimum atomic E-state index is -0.598. The molecule has 0 aromatic carbocycles. The lowest BCUT2D eigenvalue weighted by molar-refractivity contribution is 0.107. The Morgan fingerprint density at radius 2 is 2.19 bits per heavy atom. The van der Waals surface area contributed by atoms with Gasteiger partial charge in [-0.05, 0) is 25.0 Å². The maximum atomic E-state index is 10.1. The predicted octanol–water partition coefficient (Wildman–Crippen LogP) is 2.09. The fourth-order valence-electron chi connectivity index (χ4n) is 2.21. The molecule has 1 aromatic rings. The highest BCUT2D eigenvalue weighted by molar-refractivity contribution is 14.0. The summed E-state index contributed by atoms with van der Waals surface area (Å²) in [5.41, 5.74) is 0. The van der Waals surface area contributed by atoms with E-state index in [1.165, 1.54) is 11.3 Å². The van der Waals surface area contributed by atoms with E-state index in [1.54, 1.807) is 13.1 Å². The summed E-state index contributed by atoms with van der Waals surface area (Å²) in [4.78, 5) is 7.16. The van der Waals surface area contributed by atoms with E-state index in [9.17, 15) is 10.2 Å². The Morgan fingerprint density at radius 1 is 1.52 bits per heavy atom. The molecule has 5 nitrogen and oxygen atoms in total. The maximum absolute atomic E-state index is 10.1. The molecule has 1 aromatic heterocycles. The van der Waals surface area contributed by atoms with Gasteiger partial charge in [0.05, 0.1) is 10.4 Å². The second-order valence-corrected chi connectivity index (χ2v) is 6.55. The number of aliphatic imine (C=N–C) groups is 1. The zero-order valence-electron chi connectivity index (χ0n) is 11.8.